The average Bonchev–Trinajstić information content (AvgIpc) is 2.77. The van der Waals surface area contributed by atoms with Crippen LogP contribution in [0.2, 0.25) is 0 Å². The molecule has 94 valence electrons. The van der Waals surface area contributed by atoms with E-state index in [1.807, 2.05) is 12.4 Å². The Balaban J connectivity index is 1.89. The minimum atomic E-state index is 0.768. The first-order valence-corrected chi connectivity index (χ1v) is 6.56. The lowest BCUT2D eigenvalue weighted by Gasteiger charge is -2.15. The van der Waals surface area contributed by atoms with Crippen LogP contribution in [0.5, 0.6) is 0 Å². The predicted molar refractivity (Wildman–Crippen MR) is 70.0 cm³/mol. The molecule has 0 spiro atoms. The van der Waals surface area contributed by atoms with Crippen LogP contribution in [0, 0.1) is 5.92 Å². The number of hydrogen-bond acceptors (Lipinski definition) is 4. The fourth-order valence-electron chi connectivity index (χ4n) is 2.13. The van der Waals surface area contributed by atoms with E-state index in [-0.39, 0.29) is 0 Å². The molecule has 4 nitrogen and oxygen atoms in total. The molecule has 1 aromatic heterocycles. The summed E-state index contributed by atoms with van der Waals surface area (Å²) in [4.78, 5) is 11.2. The van der Waals surface area contributed by atoms with Gasteiger partial charge in [-0.2, -0.15) is 0 Å². The molecule has 0 saturated carbocycles. The molecule has 0 amide bonds. The normalized spacial score (nSPS) is 19.9. The highest BCUT2D eigenvalue weighted by Gasteiger charge is 2.20. The first-order chi connectivity index (χ1) is 8.29. The summed E-state index contributed by atoms with van der Waals surface area (Å²) in [6, 6.07) is 0. The number of nitrogens with one attached hydrogen (secondary N) is 1. The molecule has 1 aliphatic rings. The van der Waals surface area contributed by atoms with E-state index in [0.717, 1.165) is 50.0 Å². The average molecular weight is 234 g/mol. The quantitative estimate of drug-likeness (QED) is 0.789. The van der Waals surface area contributed by atoms with E-state index in [1.54, 1.807) is 0 Å². The molecule has 1 fully saturated rings. The Kier molecular flexibility index (Phi) is 4.31. The fourth-order valence-corrected chi connectivity index (χ4v) is 2.13. The van der Waals surface area contributed by atoms with Gasteiger partial charge in [-0.3, -0.25) is 0 Å². The second-order valence-corrected chi connectivity index (χ2v) is 4.91. The maximum absolute atomic E-state index is 4.45. The monoisotopic (exact) mass is 234 g/mol. The Labute approximate surface area is 103 Å². The van der Waals surface area contributed by atoms with Gasteiger partial charge in [-0.15, -0.1) is 0 Å². The Morgan fingerprint density at radius 1 is 1.41 bits per heavy atom. The van der Waals surface area contributed by atoms with Crippen molar-refractivity contribution in [3.63, 3.8) is 0 Å². The summed E-state index contributed by atoms with van der Waals surface area (Å²) in [5.74, 6) is 1.65. The minimum Gasteiger partial charge on any atom is -0.341 e. The van der Waals surface area contributed by atoms with Crippen LogP contribution in [0.1, 0.15) is 32.3 Å². The molecule has 1 saturated heterocycles. The molecule has 1 N–H and O–H groups in total. The number of rotatable bonds is 5. The Hall–Kier alpha value is -1.16. The van der Waals surface area contributed by atoms with Crippen molar-refractivity contribution in [3.05, 3.63) is 18.0 Å². The molecule has 0 radical (unpaired) electrons. The van der Waals surface area contributed by atoms with Gasteiger partial charge in [0.05, 0.1) is 0 Å². The zero-order valence-corrected chi connectivity index (χ0v) is 10.8. The van der Waals surface area contributed by atoms with Crippen LogP contribution in [-0.2, 0) is 6.54 Å². The number of nitrogens with zero attached hydrogens (tertiary/aromatic N) is 3. The van der Waals surface area contributed by atoms with Gasteiger partial charge >= 0.3 is 0 Å². The molecule has 1 aromatic rings. The molecule has 4 heteroatoms. The van der Waals surface area contributed by atoms with Crippen LogP contribution < -0.4 is 10.2 Å². The van der Waals surface area contributed by atoms with Crippen molar-refractivity contribution in [2.75, 3.05) is 24.5 Å². The second kappa shape index (κ2) is 5.96. The van der Waals surface area contributed by atoms with E-state index in [4.69, 9.17) is 0 Å². The molecule has 1 unspecified atom stereocenters. The first kappa shape index (κ1) is 12.3. The summed E-state index contributed by atoms with van der Waals surface area (Å²) in [7, 11) is 0. The van der Waals surface area contributed by atoms with Crippen LogP contribution >= 0.6 is 0 Å². The van der Waals surface area contributed by atoms with Gasteiger partial charge in [0.15, 0.2) is 0 Å². The standard InChI is InChI=1S/C13H22N4/c1-3-5-14-7-12-8-15-13(16-9-12)17-6-4-11(2)10-17/h8-9,11,14H,3-7,10H2,1-2H3. The van der Waals surface area contributed by atoms with Crippen molar-refractivity contribution < 1.29 is 0 Å². The van der Waals surface area contributed by atoms with Crippen molar-refractivity contribution in [1.82, 2.24) is 15.3 Å². The van der Waals surface area contributed by atoms with Gasteiger partial charge in [0.2, 0.25) is 5.95 Å². The van der Waals surface area contributed by atoms with Gasteiger partial charge < -0.3 is 10.2 Å². The Bertz CT molecular complexity index is 336. The van der Waals surface area contributed by atoms with Gasteiger partial charge in [-0.1, -0.05) is 13.8 Å². The summed E-state index contributed by atoms with van der Waals surface area (Å²) in [5.41, 5.74) is 1.16. The highest BCUT2D eigenvalue weighted by molar-refractivity contribution is 5.31. The van der Waals surface area contributed by atoms with Gasteiger partial charge in [0, 0.05) is 37.6 Å². The SMILES string of the molecule is CCCNCc1cnc(N2CCC(C)C2)nc1. The minimum absolute atomic E-state index is 0.768. The molecule has 0 aromatic carbocycles. The third kappa shape index (κ3) is 3.40. The van der Waals surface area contributed by atoms with Crippen molar-refractivity contribution in [3.8, 4) is 0 Å². The fraction of sp³-hybridized carbons (Fsp3) is 0.692. The zero-order valence-electron chi connectivity index (χ0n) is 10.8. The Morgan fingerprint density at radius 3 is 2.76 bits per heavy atom. The molecule has 1 atom stereocenters. The van der Waals surface area contributed by atoms with E-state index in [1.165, 1.54) is 6.42 Å². The number of hydrogen-bond donors (Lipinski definition) is 1. The zero-order chi connectivity index (χ0) is 12.1. The lowest BCUT2D eigenvalue weighted by Crippen LogP contribution is -2.22. The second-order valence-electron chi connectivity index (χ2n) is 4.91. The van der Waals surface area contributed by atoms with Crippen molar-refractivity contribution in [2.45, 2.75) is 33.2 Å². The van der Waals surface area contributed by atoms with E-state index < -0.39 is 0 Å². The predicted octanol–water partition coefficient (Wildman–Crippen LogP) is 1.82. The molecule has 1 aliphatic heterocycles. The molecule has 0 bridgehead atoms. The number of aromatic nitrogens is 2. The van der Waals surface area contributed by atoms with E-state index >= 15 is 0 Å². The van der Waals surface area contributed by atoms with Crippen molar-refractivity contribution >= 4 is 5.95 Å². The highest BCUT2D eigenvalue weighted by Crippen LogP contribution is 2.19. The van der Waals surface area contributed by atoms with Crippen LogP contribution in [0.3, 0.4) is 0 Å². The van der Waals surface area contributed by atoms with Gasteiger partial charge in [0.1, 0.15) is 0 Å². The van der Waals surface area contributed by atoms with Crippen LogP contribution in [0.25, 0.3) is 0 Å². The molecule has 2 heterocycles. The lowest BCUT2D eigenvalue weighted by atomic mass is 10.2. The summed E-state index contributed by atoms with van der Waals surface area (Å²) in [6.45, 7) is 8.54. The highest BCUT2D eigenvalue weighted by atomic mass is 15.3. The first-order valence-electron chi connectivity index (χ1n) is 6.56. The summed E-state index contributed by atoms with van der Waals surface area (Å²) < 4.78 is 0. The number of anilines is 1. The molecular weight excluding hydrogens is 212 g/mol. The third-order valence-corrected chi connectivity index (χ3v) is 3.15. The largest absolute Gasteiger partial charge is 0.341 e. The van der Waals surface area contributed by atoms with E-state index in [2.05, 4.69) is 34.0 Å². The summed E-state index contributed by atoms with van der Waals surface area (Å²) in [6.07, 6.45) is 6.29. The van der Waals surface area contributed by atoms with Gasteiger partial charge in [0.25, 0.3) is 0 Å². The van der Waals surface area contributed by atoms with Crippen LogP contribution in [0.15, 0.2) is 12.4 Å². The third-order valence-electron chi connectivity index (χ3n) is 3.15. The molecule has 2 rings (SSSR count). The topological polar surface area (TPSA) is 41.1 Å². The lowest BCUT2D eigenvalue weighted by molar-refractivity contribution is 0.657. The van der Waals surface area contributed by atoms with Gasteiger partial charge in [-0.25, -0.2) is 9.97 Å². The molecule has 0 aliphatic carbocycles. The Morgan fingerprint density at radius 2 is 2.18 bits per heavy atom. The van der Waals surface area contributed by atoms with Crippen LogP contribution in [0.4, 0.5) is 5.95 Å². The molecular formula is C13H22N4. The summed E-state index contributed by atoms with van der Waals surface area (Å²) >= 11 is 0. The molecule has 17 heavy (non-hydrogen) atoms. The van der Waals surface area contributed by atoms with Crippen molar-refractivity contribution in [1.29, 1.82) is 0 Å². The maximum Gasteiger partial charge on any atom is 0.225 e. The van der Waals surface area contributed by atoms with Gasteiger partial charge in [-0.05, 0) is 25.3 Å². The summed E-state index contributed by atoms with van der Waals surface area (Å²) in [5, 5.41) is 3.35. The van der Waals surface area contributed by atoms with Crippen molar-refractivity contribution in [2.24, 2.45) is 5.92 Å². The maximum atomic E-state index is 4.45. The van der Waals surface area contributed by atoms with Crippen LogP contribution in [-0.4, -0.2) is 29.6 Å². The van der Waals surface area contributed by atoms with E-state index in [9.17, 15) is 0 Å². The smallest absolute Gasteiger partial charge is 0.225 e. The van der Waals surface area contributed by atoms with E-state index in [0.29, 0.717) is 0 Å².